The topological polar surface area (TPSA) is 237 Å². The number of nitrogens with zero attached hydrogens (tertiary/aromatic N) is 3. The number of anilines is 3. The Kier molecular flexibility index (Phi) is 18.6. The van der Waals surface area contributed by atoms with Crippen molar-refractivity contribution in [1.29, 1.82) is 0 Å². The Bertz CT molecular complexity index is 3350. The van der Waals surface area contributed by atoms with E-state index in [4.69, 9.17) is 33.7 Å². The van der Waals surface area contributed by atoms with Gasteiger partial charge in [-0.05, 0) is 110 Å². The zero-order valence-corrected chi connectivity index (χ0v) is 41.6. The molecule has 1 amide bonds. The highest BCUT2D eigenvalue weighted by molar-refractivity contribution is 7.93. The fourth-order valence-electron chi connectivity index (χ4n) is 6.39. The summed E-state index contributed by atoms with van der Waals surface area (Å²) in [5.41, 5.74) is 4.43. The summed E-state index contributed by atoms with van der Waals surface area (Å²) in [7, 11) is -6.21. The number of nitrogen functional groups attached to an aromatic ring is 1. The molecule has 0 aliphatic carbocycles. The van der Waals surface area contributed by atoms with Crippen molar-refractivity contribution in [3.63, 3.8) is 0 Å². The molecule has 0 aliphatic heterocycles. The van der Waals surface area contributed by atoms with Gasteiger partial charge in [0.1, 0.15) is 11.4 Å². The summed E-state index contributed by atoms with van der Waals surface area (Å²) < 4.78 is 136. The Labute approximate surface area is 419 Å². The quantitative estimate of drug-likeness (QED) is 0.0296. The smallest absolute Gasteiger partial charge is 0.399 e. The molecular weight excluding hydrogens is 1040 g/mol. The minimum absolute atomic E-state index is 0.00535. The Balaban J connectivity index is 0.000000292. The molecule has 0 saturated heterocycles. The molecule has 2 heterocycles. The number of alkyl halides is 6. The molecule has 5 N–H and O–H groups in total. The first-order chi connectivity index (χ1) is 33.4. The van der Waals surface area contributed by atoms with Crippen molar-refractivity contribution in [2.24, 2.45) is 4.99 Å². The van der Waals surface area contributed by atoms with Crippen LogP contribution in [0.15, 0.2) is 112 Å². The number of benzene rings is 4. The molecule has 0 aliphatic rings. The lowest BCUT2D eigenvalue weighted by atomic mass is 9.97. The minimum atomic E-state index is -4.76. The predicted octanol–water partition coefficient (Wildman–Crippen LogP) is 9.63. The van der Waals surface area contributed by atoms with Gasteiger partial charge in [0.15, 0.2) is 0 Å². The first-order valence-electron chi connectivity index (χ1n) is 20.4. The Hall–Kier alpha value is -7.17. The van der Waals surface area contributed by atoms with Crippen LogP contribution in [-0.4, -0.2) is 64.5 Å². The molecule has 6 rings (SSSR count). The average molecular weight is 1080 g/mol. The van der Waals surface area contributed by atoms with Gasteiger partial charge in [-0.1, -0.05) is 53.5 Å². The van der Waals surface area contributed by atoms with Crippen molar-refractivity contribution in [2.75, 3.05) is 29.3 Å². The van der Waals surface area contributed by atoms with E-state index < -0.39 is 64.9 Å². The summed E-state index contributed by atoms with van der Waals surface area (Å²) in [6, 6.07) is 16.9. The fourth-order valence-corrected chi connectivity index (χ4v) is 8.87. The Morgan fingerprint density at radius 2 is 1.03 bits per heavy atom. The molecule has 0 unspecified atom stereocenters. The van der Waals surface area contributed by atoms with E-state index in [1.807, 2.05) is 0 Å². The molecule has 15 nitrogen and oxygen atoms in total. The number of aromatic nitrogens is 2. The SMILES string of the molecule is CN=C=O.CNC(=O)Cc1ccc(C)c(C(=O)c2ncc(Cl)cc2NS(=O)(=O)c2ccc(C)c(C(F)(F)F)c2)c1.Cc1ccc(N)cc1C(=O)c1ncc(Cl)cc1NS(=O)(=O)c1ccc(C)c(C(F)(F)F)c1. The van der Waals surface area contributed by atoms with Gasteiger partial charge < -0.3 is 11.1 Å². The second kappa shape index (κ2) is 23.4. The average Bonchev–Trinajstić information content (AvgIpc) is 3.29. The molecule has 0 bridgehead atoms. The molecular formula is C47H41Cl2F6N7O8S2. The van der Waals surface area contributed by atoms with Crippen LogP contribution >= 0.6 is 23.2 Å². The number of aliphatic imine (C=N–C) groups is 1. The third-order valence-corrected chi connectivity index (χ3v) is 13.2. The number of halogens is 8. The van der Waals surface area contributed by atoms with E-state index in [0.717, 1.165) is 48.8 Å². The second-order valence-corrected chi connectivity index (χ2v) is 19.5. The fraction of sp³-hybridized carbons (Fsp3) is 0.191. The van der Waals surface area contributed by atoms with E-state index in [1.165, 1.54) is 46.2 Å². The van der Waals surface area contributed by atoms with Gasteiger partial charge in [-0.3, -0.25) is 23.8 Å². The van der Waals surface area contributed by atoms with Crippen LogP contribution in [0.1, 0.15) is 71.0 Å². The third kappa shape index (κ3) is 14.7. The number of nitrogens with one attached hydrogen (secondary N) is 3. The number of amides is 1. The molecule has 0 saturated carbocycles. The zero-order chi connectivity index (χ0) is 54.1. The second-order valence-electron chi connectivity index (χ2n) is 15.3. The van der Waals surface area contributed by atoms with E-state index >= 15 is 0 Å². The number of ketones is 2. The maximum absolute atomic E-state index is 13.4. The highest BCUT2D eigenvalue weighted by Gasteiger charge is 2.35. The van der Waals surface area contributed by atoms with Gasteiger partial charge in [-0.2, -0.15) is 26.3 Å². The molecule has 0 fully saturated rings. The lowest BCUT2D eigenvalue weighted by Crippen LogP contribution is -2.20. The van der Waals surface area contributed by atoms with Crippen LogP contribution in [0.4, 0.5) is 43.4 Å². The maximum atomic E-state index is 13.4. The number of nitrogens with two attached hydrogens (primary N) is 1. The highest BCUT2D eigenvalue weighted by Crippen LogP contribution is 2.36. The monoisotopic (exact) mass is 1080 g/mol. The zero-order valence-electron chi connectivity index (χ0n) is 38.5. The normalized spacial score (nSPS) is 11.4. The first kappa shape index (κ1) is 57.4. The van der Waals surface area contributed by atoms with Crippen LogP contribution in [0, 0.1) is 27.7 Å². The number of likely N-dealkylation sites (N-methyl/N-ethyl adjacent to an activating group) is 1. The molecule has 72 heavy (non-hydrogen) atoms. The summed E-state index contributed by atoms with van der Waals surface area (Å²) in [4.78, 5) is 56.6. The lowest BCUT2D eigenvalue weighted by Gasteiger charge is -2.15. The van der Waals surface area contributed by atoms with E-state index in [1.54, 1.807) is 38.1 Å². The number of sulfonamides is 2. The van der Waals surface area contributed by atoms with Crippen LogP contribution in [0.3, 0.4) is 0 Å². The van der Waals surface area contributed by atoms with Gasteiger partial charge in [0, 0.05) is 43.3 Å². The standard InChI is InChI=1S/C24H21ClF3N3O4S.C21H17ClF3N3O3S.C2H3NO/c1-13-4-6-15(9-21(32)29-3)8-18(13)23(33)22-20(10-16(25)12-30-22)31-36(34,35)17-7-5-14(2)19(11-17)24(26,27)28;1-11-3-5-14(26)8-16(11)20(29)19-18(7-13(22)10-27-19)28-32(30,31)15-6-4-12(2)17(9-15)21(23,24)25;1-3-2-4/h4-8,10-12,31H,9H2,1-3H3,(H,29,32);3-10,28H,26H2,1-2H3;1H3. The van der Waals surface area contributed by atoms with Crippen molar-refractivity contribution in [3.8, 4) is 0 Å². The number of hydrogen-bond donors (Lipinski definition) is 4. The summed E-state index contributed by atoms with van der Waals surface area (Å²) in [5.74, 6) is -1.57. The summed E-state index contributed by atoms with van der Waals surface area (Å²) in [6.45, 7) is 5.75. The number of hydrogen-bond acceptors (Lipinski definition) is 12. The lowest BCUT2D eigenvalue weighted by molar-refractivity contribution is -0.139. The van der Waals surface area contributed by atoms with Crippen LogP contribution < -0.4 is 20.5 Å². The van der Waals surface area contributed by atoms with Crippen LogP contribution in [-0.2, 0) is 48.4 Å². The molecule has 0 atom stereocenters. The minimum Gasteiger partial charge on any atom is -0.399 e. The number of carbonyl (C=O) groups is 3. The van der Waals surface area contributed by atoms with E-state index in [-0.39, 0.29) is 67.4 Å². The van der Waals surface area contributed by atoms with Gasteiger partial charge >= 0.3 is 12.4 Å². The van der Waals surface area contributed by atoms with Crippen molar-refractivity contribution in [2.45, 2.75) is 56.3 Å². The van der Waals surface area contributed by atoms with E-state index in [9.17, 15) is 57.6 Å². The first-order valence-corrected chi connectivity index (χ1v) is 24.1. The number of isocyanates is 1. The number of carbonyl (C=O) groups excluding carboxylic acids is 4. The summed E-state index contributed by atoms with van der Waals surface area (Å²) >= 11 is 11.9. The number of rotatable bonds is 12. The van der Waals surface area contributed by atoms with Crippen molar-refractivity contribution in [3.05, 3.63) is 169 Å². The highest BCUT2D eigenvalue weighted by atomic mass is 35.5. The van der Waals surface area contributed by atoms with Gasteiger partial charge in [0.2, 0.25) is 23.6 Å². The largest absolute Gasteiger partial charge is 0.416 e. The van der Waals surface area contributed by atoms with Crippen LogP contribution in [0.5, 0.6) is 0 Å². The van der Waals surface area contributed by atoms with Gasteiger partial charge in [0.25, 0.3) is 20.0 Å². The van der Waals surface area contributed by atoms with Crippen molar-refractivity contribution >= 4 is 83.9 Å². The number of aryl methyl sites for hydroxylation is 4. The molecule has 2 aromatic heterocycles. The number of pyridine rings is 2. The molecule has 380 valence electrons. The Morgan fingerprint density at radius 3 is 1.42 bits per heavy atom. The van der Waals surface area contributed by atoms with E-state index in [2.05, 4.69) is 29.7 Å². The molecule has 0 spiro atoms. The van der Waals surface area contributed by atoms with Gasteiger partial charge in [-0.25, -0.2) is 36.6 Å². The molecule has 4 aromatic carbocycles. The third-order valence-electron chi connectivity index (χ3n) is 10.1. The molecule has 6 aromatic rings. The summed E-state index contributed by atoms with van der Waals surface area (Å²) in [5, 5.41) is 2.50. The van der Waals surface area contributed by atoms with Crippen molar-refractivity contribution in [1.82, 2.24) is 15.3 Å². The molecule has 25 heteroatoms. The van der Waals surface area contributed by atoms with Gasteiger partial charge in [-0.15, -0.1) is 0 Å². The summed E-state index contributed by atoms with van der Waals surface area (Å²) in [6.07, 6.45) is -5.88. The van der Waals surface area contributed by atoms with E-state index in [0.29, 0.717) is 34.5 Å². The van der Waals surface area contributed by atoms with Crippen LogP contribution in [0.2, 0.25) is 10.0 Å². The Morgan fingerprint density at radius 1 is 0.639 bits per heavy atom. The maximum Gasteiger partial charge on any atom is 0.416 e. The molecule has 0 radical (unpaired) electrons. The van der Waals surface area contributed by atoms with Crippen molar-refractivity contribution < 1.29 is 62.4 Å². The van der Waals surface area contributed by atoms with Crippen LogP contribution in [0.25, 0.3) is 0 Å². The van der Waals surface area contributed by atoms with Gasteiger partial charge in [0.05, 0.1) is 48.8 Å². The predicted molar refractivity (Wildman–Crippen MR) is 258 cm³/mol.